The van der Waals surface area contributed by atoms with E-state index in [1.54, 1.807) is 0 Å². The molecule has 0 radical (unpaired) electrons. The summed E-state index contributed by atoms with van der Waals surface area (Å²) in [5.41, 5.74) is -1.41. The zero-order chi connectivity index (χ0) is 15.0. The van der Waals surface area contributed by atoms with Gasteiger partial charge in [0.05, 0.1) is 12.1 Å². The van der Waals surface area contributed by atoms with Crippen LogP contribution in [0, 0.1) is 0 Å². The minimum absolute atomic E-state index is 0.0790. The molecule has 0 unspecified atom stereocenters. The molecule has 0 aliphatic rings. The second-order valence-corrected chi connectivity index (χ2v) is 4.07. The molecule has 1 rings (SSSR count). The first-order chi connectivity index (χ1) is 8.55. The summed E-state index contributed by atoms with van der Waals surface area (Å²) in [6.07, 6.45) is -3.88. The Morgan fingerprint density at radius 1 is 1.32 bits per heavy atom. The van der Waals surface area contributed by atoms with Crippen LogP contribution in [0.15, 0.2) is 15.8 Å². The number of aromatic nitrogens is 2. The molecule has 0 spiro atoms. The van der Waals surface area contributed by atoms with Crippen LogP contribution in [0.2, 0.25) is 0 Å². The van der Waals surface area contributed by atoms with E-state index >= 15 is 0 Å². The number of carbonyl (C=O) groups excluding carboxylic acids is 1. The van der Waals surface area contributed by atoms with Crippen LogP contribution in [-0.2, 0) is 25.4 Å². The SMILES string of the molecule is CN(Cc1cn(C)c(=O)n(C)c1=O)C(=O)C(F)(F)F. The summed E-state index contributed by atoms with van der Waals surface area (Å²) in [4.78, 5) is 34.4. The molecule has 0 saturated carbocycles. The van der Waals surface area contributed by atoms with E-state index in [-0.39, 0.29) is 5.56 Å². The topological polar surface area (TPSA) is 64.3 Å². The second-order valence-electron chi connectivity index (χ2n) is 4.07. The molecule has 1 aromatic rings. The van der Waals surface area contributed by atoms with Gasteiger partial charge in [0, 0.05) is 27.3 Å². The third-order valence-electron chi connectivity index (χ3n) is 2.51. The van der Waals surface area contributed by atoms with Crippen molar-refractivity contribution in [1.29, 1.82) is 0 Å². The standard InChI is InChI=1S/C10H12F3N3O3/c1-14(8(18)10(11,12)13)4-6-5-15(2)9(19)16(3)7(6)17/h5H,4H2,1-3H3. The number of hydrogen-bond donors (Lipinski definition) is 0. The molecule has 1 amide bonds. The lowest BCUT2D eigenvalue weighted by Gasteiger charge is -2.18. The van der Waals surface area contributed by atoms with E-state index in [0.717, 1.165) is 22.4 Å². The maximum absolute atomic E-state index is 12.2. The smallest absolute Gasteiger partial charge is 0.333 e. The van der Waals surface area contributed by atoms with Gasteiger partial charge in [-0.15, -0.1) is 0 Å². The zero-order valence-corrected chi connectivity index (χ0v) is 10.5. The summed E-state index contributed by atoms with van der Waals surface area (Å²) in [6, 6.07) is 0. The van der Waals surface area contributed by atoms with Gasteiger partial charge in [0.15, 0.2) is 0 Å². The third-order valence-corrected chi connectivity index (χ3v) is 2.51. The van der Waals surface area contributed by atoms with E-state index in [9.17, 15) is 27.6 Å². The molecule has 1 heterocycles. The Labute approximate surface area is 105 Å². The van der Waals surface area contributed by atoms with Crippen LogP contribution in [0.25, 0.3) is 0 Å². The lowest BCUT2D eigenvalue weighted by Crippen LogP contribution is -2.42. The van der Waals surface area contributed by atoms with Gasteiger partial charge < -0.3 is 9.47 Å². The first-order valence-electron chi connectivity index (χ1n) is 5.13. The van der Waals surface area contributed by atoms with Gasteiger partial charge in [0.2, 0.25) is 0 Å². The van der Waals surface area contributed by atoms with Crippen LogP contribution < -0.4 is 11.2 Å². The molecule has 0 bridgehead atoms. The van der Waals surface area contributed by atoms with Crippen molar-refractivity contribution in [2.75, 3.05) is 7.05 Å². The van der Waals surface area contributed by atoms with E-state index in [0.29, 0.717) is 4.90 Å². The first-order valence-corrected chi connectivity index (χ1v) is 5.13. The summed E-state index contributed by atoms with van der Waals surface area (Å²) in [5, 5.41) is 0. The number of halogens is 3. The number of hydrogen-bond acceptors (Lipinski definition) is 3. The zero-order valence-electron chi connectivity index (χ0n) is 10.5. The summed E-state index contributed by atoms with van der Waals surface area (Å²) in [7, 11) is 3.50. The lowest BCUT2D eigenvalue weighted by molar-refractivity contribution is -0.184. The molecule has 19 heavy (non-hydrogen) atoms. The highest BCUT2D eigenvalue weighted by Crippen LogP contribution is 2.18. The minimum Gasteiger partial charge on any atom is -0.333 e. The van der Waals surface area contributed by atoms with Gasteiger partial charge in [-0.05, 0) is 0 Å². The number of rotatable bonds is 2. The van der Waals surface area contributed by atoms with E-state index in [1.807, 2.05) is 0 Å². The van der Waals surface area contributed by atoms with Crippen molar-refractivity contribution in [3.8, 4) is 0 Å². The normalized spacial score (nSPS) is 11.5. The summed E-state index contributed by atoms with van der Waals surface area (Å²) >= 11 is 0. The molecule has 0 saturated heterocycles. The summed E-state index contributed by atoms with van der Waals surface area (Å²) in [6.45, 7) is -0.529. The van der Waals surface area contributed by atoms with Gasteiger partial charge in [-0.1, -0.05) is 0 Å². The maximum atomic E-state index is 12.2. The first kappa shape index (κ1) is 15.0. The average molecular weight is 279 g/mol. The highest BCUT2D eigenvalue weighted by molar-refractivity contribution is 5.81. The number of nitrogens with zero attached hydrogens (tertiary/aromatic N) is 3. The van der Waals surface area contributed by atoms with E-state index < -0.39 is 29.9 Å². The van der Waals surface area contributed by atoms with Crippen LogP contribution in [0.5, 0.6) is 0 Å². The highest BCUT2D eigenvalue weighted by Gasteiger charge is 2.41. The Morgan fingerprint density at radius 2 is 1.84 bits per heavy atom. The van der Waals surface area contributed by atoms with Gasteiger partial charge in [-0.2, -0.15) is 13.2 Å². The van der Waals surface area contributed by atoms with Gasteiger partial charge >= 0.3 is 17.8 Å². The van der Waals surface area contributed by atoms with Crippen molar-refractivity contribution in [2.24, 2.45) is 14.1 Å². The van der Waals surface area contributed by atoms with Crippen molar-refractivity contribution in [3.05, 3.63) is 32.6 Å². The predicted octanol–water partition coefficient (Wildman–Crippen LogP) is -0.395. The fourth-order valence-electron chi connectivity index (χ4n) is 1.54. The molecule has 0 atom stereocenters. The van der Waals surface area contributed by atoms with E-state index in [4.69, 9.17) is 0 Å². The molecular weight excluding hydrogens is 267 g/mol. The second kappa shape index (κ2) is 4.90. The number of carbonyl (C=O) groups is 1. The molecule has 6 nitrogen and oxygen atoms in total. The van der Waals surface area contributed by atoms with Crippen LogP contribution in [0.4, 0.5) is 13.2 Å². The Bertz CT molecular complexity index is 615. The maximum Gasteiger partial charge on any atom is 0.471 e. The van der Waals surface area contributed by atoms with Gasteiger partial charge in [-0.25, -0.2) is 4.79 Å². The molecular formula is C10H12F3N3O3. The number of aryl methyl sites for hydroxylation is 1. The van der Waals surface area contributed by atoms with Crippen LogP contribution >= 0.6 is 0 Å². The fraction of sp³-hybridized carbons (Fsp3) is 0.500. The van der Waals surface area contributed by atoms with E-state index in [1.165, 1.54) is 14.1 Å². The average Bonchev–Trinajstić information content (AvgIpc) is 2.31. The third kappa shape index (κ3) is 3.04. The van der Waals surface area contributed by atoms with Crippen LogP contribution in [0.3, 0.4) is 0 Å². The van der Waals surface area contributed by atoms with Gasteiger partial charge in [0.25, 0.3) is 5.56 Å². The number of alkyl halides is 3. The molecule has 9 heteroatoms. The predicted molar refractivity (Wildman–Crippen MR) is 59.5 cm³/mol. The van der Waals surface area contributed by atoms with Crippen molar-refractivity contribution in [2.45, 2.75) is 12.7 Å². The van der Waals surface area contributed by atoms with Crippen molar-refractivity contribution in [1.82, 2.24) is 14.0 Å². The molecule has 1 aromatic heterocycles. The molecule has 0 aliphatic heterocycles. The summed E-state index contributed by atoms with van der Waals surface area (Å²) < 4.78 is 38.4. The van der Waals surface area contributed by atoms with Crippen molar-refractivity contribution >= 4 is 5.91 Å². The Morgan fingerprint density at radius 3 is 2.32 bits per heavy atom. The monoisotopic (exact) mass is 279 g/mol. The molecule has 0 aliphatic carbocycles. The van der Waals surface area contributed by atoms with Crippen LogP contribution in [-0.4, -0.2) is 33.2 Å². The summed E-state index contributed by atoms with van der Waals surface area (Å²) in [5.74, 6) is -2.05. The van der Waals surface area contributed by atoms with Crippen LogP contribution in [0.1, 0.15) is 5.56 Å². The van der Waals surface area contributed by atoms with Gasteiger partial charge in [0.1, 0.15) is 0 Å². The Balaban J connectivity index is 3.12. The number of amides is 1. The quantitative estimate of drug-likeness (QED) is 0.740. The minimum atomic E-state index is -5.00. The largest absolute Gasteiger partial charge is 0.471 e. The van der Waals surface area contributed by atoms with Gasteiger partial charge in [-0.3, -0.25) is 14.2 Å². The van der Waals surface area contributed by atoms with E-state index in [2.05, 4.69) is 0 Å². The molecule has 0 fully saturated rings. The van der Waals surface area contributed by atoms with Crippen molar-refractivity contribution < 1.29 is 18.0 Å². The van der Waals surface area contributed by atoms with Crippen molar-refractivity contribution in [3.63, 3.8) is 0 Å². The fourth-order valence-corrected chi connectivity index (χ4v) is 1.54. The highest BCUT2D eigenvalue weighted by atomic mass is 19.4. The molecule has 0 aromatic carbocycles. The lowest BCUT2D eigenvalue weighted by atomic mass is 10.3. The Hall–Kier alpha value is -2.06. The Kier molecular flexibility index (Phi) is 3.87. The molecule has 106 valence electrons. The molecule has 0 N–H and O–H groups in total.